The average Bonchev–Trinajstić information content (AvgIpc) is 2.97. The van der Waals surface area contributed by atoms with Crippen LogP contribution in [0.2, 0.25) is 5.02 Å². The Hall–Kier alpha value is -2.54. The Kier molecular flexibility index (Phi) is 3.26. The first-order chi connectivity index (χ1) is 9.78. The third-order valence-corrected chi connectivity index (χ3v) is 2.81. The van der Waals surface area contributed by atoms with Gasteiger partial charge >= 0.3 is 0 Å². The lowest BCUT2D eigenvalue weighted by Crippen LogP contribution is -2.04. The Morgan fingerprint density at radius 3 is 2.45 bits per heavy atom. The van der Waals surface area contributed by atoms with Crippen molar-refractivity contribution in [1.82, 2.24) is 30.2 Å². The molecule has 0 atom stereocenters. The number of methoxy groups -OCH3 is 1. The average molecular weight is 289 g/mol. The van der Waals surface area contributed by atoms with Crippen molar-refractivity contribution in [2.45, 2.75) is 0 Å². The number of halogens is 1. The topological polar surface area (TPSA) is 78.6 Å². The van der Waals surface area contributed by atoms with Crippen LogP contribution < -0.4 is 4.74 Å². The molecule has 1 aromatic carbocycles. The summed E-state index contributed by atoms with van der Waals surface area (Å²) in [6, 6.07) is 7.38. The van der Waals surface area contributed by atoms with Crippen molar-refractivity contribution in [3.8, 4) is 23.1 Å². The molecule has 3 aromatic rings. The van der Waals surface area contributed by atoms with Crippen molar-refractivity contribution >= 4 is 11.6 Å². The first kappa shape index (κ1) is 12.5. The zero-order valence-electron chi connectivity index (χ0n) is 10.4. The van der Waals surface area contributed by atoms with Crippen molar-refractivity contribution in [3.63, 3.8) is 0 Å². The molecule has 0 N–H and O–H groups in total. The zero-order chi connectivity index (χ0) is 13.9. The van der Waals surface area contributed by atoms with Gasteiger partial charge in [0.15, 0.2) is 5.82 Å². The molecule has 2 aromatic heterocycles. The van der Waals surface area contributed by atoms with Gasteiger partial charge < -0.3 is 4.74 Å². The molecular weight excluding hydrogens is 280 g/mol. The van der Waals surface area contributed by atoms with E-state index in [2.05, 4.69) is 25.5 Å². The van der Waals surface area contributed by atoms with E-state index in [0.717, 1.165) is 11.3 Å². The van der Waals surface area contributed by atoms with E-state index in [-0.39, 0.29) is 0 Å². The summed E-state index contributed by atoms with van der Waals surface area (Å²) in [5, 5.41) is 12.0. The quantitative estimate of drug-likeness (QED) is 0.731. The maximum Gasteiger partial charge on any atom is 0.254 e. The van der Waals surface area contributed by atoms with Gasteiger partial charge in [0.05, 0.1) is 24.5 Å². The fraction of sp³-hybridized carbons (Fsp3) is 0.0833. The molecule has 2 heterocycles. The van der Waals surface area contributed by atoms with Crippen molar-refractivity contribution in [2.75, 3.05) is 7.11 Å². The Bertz CT molecular complexity index is 710. The van der Waals surface area contributed by atoms with Crippen LogP contribution in [0.25, 0.3) is 17.3 Å². The van der Waals surface area contributed by atoms with Crippen LogP contribution in [-0.2, 0) is 0 Å². The van der Waals surface area contributed by atoms with Crippen molar-refractivity contribution < 1.29 is 4.74 Å². The van der Waals surface area contributed by atoms with E-state index in [4.69, 9.17) is 16.3 Å². The number of hydrogen-bond donors (Lipinski definition) is 0. The van der Waals surface area contributed by atoms with Gasteiger partial charge in [0.1, 0.15) is 5.75 Å². The van der Waals surface area contributed by atoms with E-state index in [1.165, 1.54) is 17.1 Å². The summed E-state index contributed by atoms with van der Waals surface area (Å²) in [4.78, 5) is 8.19. The van der Waals surface area contributed by atoms with Crippen LogP contribution in [0.3, 0.4) is 0 Å². The van der Waals surface area contributed by atoms with Gasteiger partial charge in [-0.2, -0.15) is 4.68 Å². The van der Waals surface area contributed by atoms with Gasteiger partial charge in [-0.15, -0.1) is 5.10 Å². The van der Waals surface area contributed by atoms with Gasteiger partial charge in [-0.3, -0.25) is 0 Å². The molecule has 20 heavy (non-hydrogen) atoms. The Balaban J connectivity index is 2.02. The monoisotopic (exact) mass is 288 g/mol. The van der Waals surface area contributed by atoms with E-state index >= 15 is 0 Å². The normalized spacial score (nSPS) is 10.5. The minimum Gasteiger partial charge on any atom is -0.497 e. The number of benzene rings is 1. The summed E-state index contributed by atoms with van der Waals surface area (Å²) in [6.45, 7) is 0. The molecule has 0 aliphatic carbocycles. The second-order valence-electron chi connectivity index (χ2n) is 3.84. The van der Waals surface area contributed by atoms with Gasteiger partial charge in [0, 0.05) is 5.56 Å². The summed E-state index contributed by atoms with van der Waals surface area (Å²) in [6.07, 6.45) is 2.98. The maximum absolute atomic E-state index is 5.76. The fourth-order valence-corrected chi connectivity index (χ4v) is 1.75. The number of ether oxygens (including phenoxy) is 1. The summed E-state index contributed by atoms with van der Waals surface area (Å²) in [5.41, 5.74) is 0.828. The van der Waals surface area contributed by atoms with Crippen molar-refractivity contribution in [2.24, 2.45) is 0 Å². The van der Waals surface area contributed by atoms with E-state index < -0.39 is 0 Å². The molecule has 100 valence electrons. The molecule has 0 aliphatic heterocycles. The van der Waals surface area contributed by atoms with E-state index in [9.17, 15) is 0 Å². The molecule has 0 aliphatic rings. The smallest absolute Gasteiger partial charge is 0.254 e. The van der Waals surface area contributed by atoms with Gasteiger partial charge in [-0.25, -0.2) is 9.97 Å². The number of aromatic nitrogens is 6. The van der Waals surface area contributed by atoms with Gasteiger partial charge in [-0.1, -0.05) is 11.6 Å². The molecule has 0 spiro atoms. The molecule has 0 fully saturated rings. The van der Waals surface area contributed by atoms with Gasteiger partial charge in [0.2, 0.25) is 0 Å². The third-order valence-electron chi connectivity index (χ3n) is 2.61. The van der Waals surface area contributed by atoms with Crippen LogP contribution in [-0.4, -0.2) is 37.3 Å². The lowest BCUT2D eigenvalue weighted by atomic mass is 10.2. The molecule has 7 nitrogen and oxygen atoms in total. The second kappa shape index (κ2) is 5.22. The van der Waals surface area contributed by atoms with Crippen molar-refractivity contribution in [1.29, 1.82) is 0 Å². The Labute approximate surface area is 119 Å². The van der Waals surface area contributed by atoms with Crippen LogP contribution >= 0.6 is 11.6 Å². The fourth-order valence-electron chi connectivity index (χ4n) is 1.66. The molecule has 8 heteroatoms. The highest BCUT2D eigenvalue weighted by molar-refractivity contribution is 6.30. The Morgan fingerprint density at radius 2 is 1.80 bits per heavy atom. The molecule has 0 unspecified atom stereocenters. The summed E-state index contributed by atoms with van der Waals surface area (Å²) >= 11 is 5.76. The van der Waals surface area contributed by atoms with Crippen molar-refractivity contribution in [3.05, 3.63) is 41.7 Å². The number of tetrazole rings is 1. The predicted molar refractivity (Wildman–Crippen MR) is 71.7 cm³/mol. The standard InChI is InChI=1S/C12H9ClN6O/c1-20-10-4-2-8(3-5-10)11-16-17-18-19(11)12-14-6-9(13)7-15-12/h2-7H,1H3. The maximum atomic E-state index is 5.76. The summed E-state index contributed by atoms with van der Waals surface area (Å²) < 4.78 is 6.56. The lowest BCUT2D eigenvalue weighted by molar-refractivity contribution is 0.415. The van der Waals surface area contributed by atoms with Crippen LogP contribution in [0.15, 0.2) is 36.7 Å². The van der Waals surface area contributed by atoms with E-state index in [1.807, 2.05) is 24.3 Å². The molecule has 0 bridgehead atoms. The predicted octanol–water partition coefficient (Wildman–Crippen LogP) is 1.78. The molecule has 0 saturated carbocycles. The van der Waals surface area contributed by atoms with Crippen LogP contribution in [0.5, 0.6) is 5.75 Å². The van der Waals surface area contributed by atoms with Gasteiger partial charge in [-0.05, 0) is 34.7 Å². The molecule has 0 radical (unpaired) electrons. The number of nitrogens with zero attached hydrogens (tertiary/aromatic N) is 6. The van der Waals surface area contributed by atoms with E-state index in [0.29, 0.717) is 16.8 Å². The first-order valence-corrected chi connectivity index (χ1v) is 6.06. The molecular formula is C12H9ClN6O. The Morgan fingerprint density at radius 1 is 1.10 bits per heavy atom. The number of rotatable bonds is 3. The summed E-state index contributed by atoms with van der Waals surface area (Å²) in [7, 11) is 1.61. The SMILES string of the molecule is COc1ccc(-c2nnnn2-c2ncc(Cl)cn2)cc1. The molecule has 0 amide bonds. The largest absolute Gasteiger partial charge is 0.497 e. The zero-order valence-corrected chi connectivity index (χ0v) is 11.2. The number of hydrogen-bond acceptors (Lipinski definition) is 6. The highest BCUT2D eigenvalue weighted by atomic mass is 35.5. The lowest BCUT2D eigenvalue weighted by Gasteiger charge is -2.04. The van der Waals surface area contributed by atoms with Gasteiger partial charge in [0.25, 0.3) is 5.95 Å². The van der Waals surface area contributed by atoms with Crippen LogP contribution in [0.1, 0.15) is 0 Å². The van der Waals surface area contributed by atoms with E-state index in [1.54, 1.807) is 7.11 Å². The third kappa shape index (κ3) is 2.30. The highest BCUT2D eigenvalue weighted by Crippen LogP contribution is 2.21. The minimum atomic E-state index is 0.352. The summed E-state index contributed by atoms with van der Waals surface area (Å²) in [5.74, 6) is 1.65. The second-order valence-corrected chi connectivity index (χ2v) is 4.28. The molecule has 3 rings (SSSR count). The minimum absolute atomic E-state index is 0.352. The first-order valence-electron chi connectivity index (χ1n) is 5.68. The molecule has 0 saturated heterocycles. The van der Waals surface area contributed by atoms with Crippen LogP contribution in [0.4, 0.5) is 0 Å². The van der Waals surface area contributed by atoms with Crippen LogP contribution in [0, 0.1) is 0 Å². The highest BCUT2D eigenvalue weighted by Gasteiger charge is 2.12.